The second kappa shape index (κ2) is 7.13. The molecule has 0 spiro atoms. The standard InChI is InChI=1S/C19H17N5OS/c1-2-20-16(25)12-26-19-23-22-18-14-10-6-7-11-15(14)21-17(24(18)19)13-8-4-3-5-9-13/h3-11H,2,12H2,1H3,(H,20,25). The molecule has 1 amide bonds. The number of benzene rings is 2. The summed E-state index contributed by atoms with van der Waals surface area (Å²) in [7, 11) is 0. The highest BCUT2D eigenvalue weighted by Gasteiger charge is 2.17. The Kier molecular flexibility index (Phi) is 4.53. The molecule has 0 radical (unpaired) electrons. The number of carbonyl (C=O) groups excluding carboxylic acids is 1. The van der Waals surface area contributed by atoms with Crippen molar-refractivity contribution in [2.24, 2.45) is 0 Å². The maximum atomic E-state index is 11.8. The Hall–Kier alpha value is -2.93. The van der Waals surface area contributed by atoms with Gasteiger partial charge in [-0.2, -0.15) is 0 Å². The maximum absolute atomic E-state index is 11.8. The van der Waals surface area contributed by atoms with Gasteiger partial charge in [0.25, 0.3) is 0 Å². The zero-order valence-corrected chi connectivity index (χ0v) is 15.0. The van der Waals surface area contributed by atoms with Crippen LogP contribution in [0.15, 0.2) is 59.8 Å². The lowest BCUT2D eigenvalue weighted by Crippen LogP contribution is -2.24. The summed E-state index contributed by atoms with van der Waals surface area (Å²) in [6.07, 6.45) is 0. The molecule has 0 unspecified atom stereocenters. The van der Waals surface area contributed by atoms with E-state index in [-0.39, 0.29) is 11.7 Å². The van der Waals surface area contributed by atoms with Crippen molar-refractivity contribution in [1.82, 2.24) is 24.9 Å². The zero-order chi connectivity index (χ0) is 17.9. The predicted molar refractivity (Wildman–Crippen MR) is 103 cm³/mol. The molecular weight excluding hydrogens is 346 g/mol. The van der Waals surface area contributed by atoms with Crippen LogP contribution >= 0.6 is 11.8 Å². The molecule has 2 heterocycles. The molecule has 130 valence electrons. The Labute approximate surface area is 154 Å². The molecule has 1 N–H and O–H groups in total. The quantitative estimate of drug-likeness (QED) is 0.552. The fourth-order valence-electron chi connectivity index (χ4n) is 2.81. The number of aromatic nitrogens is 4. The minimum absolute atomic E-state index is 0.0238. The number of rotatable bonds is 5. The van der Waals surface area contributed by atoms with Crippen LogP contribution in [0, 0.1) is 0 Å². The van der Waals surface area contributed by atoms with Gasteiger partial charge in [-0.3, -0.25) is 9.20 Å². The summed E-state index contributed by atoms with van der Waals surface area (Å²) in [6, 6.07) is 17.8. The van der Waals surface area contributed by atoms with Gasteiger partial charge in [0.05, 0.1) is 11.3 Å². The average Bonchev–Trinajstić information content (AvgIpc) is 3.11. The van der Waals surface area contributed by atoms with E-state index in [4.69, 9.17) is 4.98 Å². The van der Waals surface area contributed by atoms with Gasteiger partial charge in [-0.05, 0) is 19.1 Å². The minimum atomic E-state index is -0.0238. The minimum Gasteiger partial charge on any atom is -0.356 e. The van der Waals surface area contributed by atoms with Crippen LogP contribution < -0.4 is 5.32 Å². The molecule has 4 rings (SSSR count). The topological polar surface area (TPSA) is 72.2 Å². The summed E-state index contributed by atoms with van der Waals surface area (Å²) in [5, 5.41) is 13.1. The van der Waals surface area contributed by atoms with Gasteiger partial charge in [-0.25, -0.2) is 4.98 Å². The second-order valence-electron chi connectivity index (χ2n) is 5.70. The normalized spacial score (nSPS) is 11.1. The van der Waals surface area contributed by atoms with Gasteiger partial charge in [0.1, 0.15) is 5.82 Å². The molecule has 0 atom stereocenters. The third-order valence-corrected chi connectivity index (χ3v) is 4.88. The predicted octanol–water partition coefficient (Wildman–Crippen LogP) is 3.17. The Morgan fingerprint density at radius 2 is 1.85 bits per heavy atom. The molecule has 2 aromatic heterocycles. The Morgan fingerprint density at radius 3 is 2.65 bits per heavy atom. The van der Waals surface area contributed by atoms with Crippen LogP contribution in [0.3, 0.4) is 0 Å². The Morgan fingerprint density at radius 1 is 1.08 bits per heavy atom. The third kappa shape index (κ3) is 3.01. The van der Waals surface area contributed by atoms with Gasteiger partial charge in [0, 0.05) is 17.5 Å². The summed E-state index contributed by atoms with van der Waals surface area (Å²) in [4.78, 5) is 16.7. The Balaban J connectivity index is 1.89. The van der Waals surface area contributed by atoms with Gasteiger partial charge in [-0.1, -0.05) is 54.2 Å². The monoisotopic (exact) mass is 363 g/mol. The van der Waals surface area contributed by atoms with E-state index in [2.05, 4.69) is 15.5 Å². The number of fused-ring (bicyclic) bond motifs is 3. The number of thioether (sulfide) groups is 1. The number of amides is 1. The summed E-state index contributed by atoms with van der Waals surface area (Å²) in [5.41, 5.74) is 2.59. The van der Waals surface area contributed by atoms with Crippen LogP contribution in [0.1, 0.15) is 6.92 Å². The number of hydrogen-bond donors (Lipinski definition) is 1. The summed E-state index contributed by atoms with van der Waals surface area (Å²) in [6.45, 7) is 2.51. The van der Waals surface area contributed by atoms with Crippen LogP contribution in [0.2, 0.25) is 0 Å². The first-order valence-corrected chi connectivity index (χ1v) is 9.35. The maximum Gasteiger partial charge on any atom is 0.230 e. The van der Waals surface area contributed by atoms with Gasteiger partial charge >= 0.3 is 0 Å². The van der Waals surface area contributed by atoms with Crippen molar-refractivity contribution in [1.29, 1.82) is 0 Å². The van der Waals surface area contributed by atoms with Crippen molar-refractivity contribution >= 4 is 34.2 Å². The van der Waals surface area contributed by atoms with Crippen molar-refractivity contribution in [3.05, 3.63) is 54.6 Å². The lowest BCUT2D eigenvalue weighted by Gasteiger charge is -2.09. The number of carbonyl (C=O) groups is 1. The molecule has 0 aliphatic heterocycles. The summed E-state index contributed by atoms with van der Waals surface area (Å²) >= 11 is 1.36. The molecular formula is C19H17N5OS. The van der Waals surface area contributed by atoms with Gasteiger partial charge in [0.15, 0.2) is 10.8 Å². The van der Waals surface area contributed by atoms with E-state index in [1.165, 1.54) is 11.8 Å². The van der Waals surface area contributed by atoms with Crippen LogP contribution in [0.4, 0.5) is 0 Å². The van der Waals surface area contributed by atoms with Crippen LogP contribution in [-0.4, -0.2) is 37.8 Å². The highest BCUT2D eigenvalue weighted by atomic mass is 32.2. The van der Waals surface area contributed by atoms with Gasteiger partial charge in [-0.15, -0.1) is 10.2 Å². The zero-order valence-electron chi connectivity index (χ0n) is 14.2. The molecule has 2 aromatic carbocycles. The van der Waals surface area contributed by atoms with Crippen molar-refractivity contribution in [2.75, 3.05) is 12.3 Å². The highest BCUT2D eigenvalue weighted by Crippen LogP contribution is 2.28. The molecule has 0 bridgehead atoms. The van der Waals surface area contributed by atoms with E-state index in [0.29, 0.717) is 11.7 Å². The van der Waals surface area contributed by atoms with Gasteiger partial charge < -0.3 is 5.32 Å². The van der Waals surface area contributed by atoms with Crippen LogP contribution in [0.25, 0.3) is 27.9 Å². The fraction of sp³-hybridized carbons (Fsp3) is 0.158. The van der Waals surface area contributed by atoms with E-state index in [1.54, 1.807) is 0 Å². The molecule has 0 aliphatic carbocycles. The van der Waals surface area contributed by atoms with Crippen LogP contribution in [0.5, 0.6) is 0 Å². The number of nitrogens with zero attached hydrogens (tertiary/aromatic N) is 4. The lowest BCUT2D eigenvalue weighted by atomic mass is 10.2. The largest absolute Gasteiger partial charge is 0.356 e. The van der Waals surface area contributed by atoms with E-state index < -0.39 is 0 Å². The van der Waals surface area contributed by atoms with Gasteiger partial charge in [0.2, 0.25) is 5.91 Å². The molecule has 0 fully saturated rings. The van der Waals surface area contributed by atoms with E-state index in [9.17, 15) is 4.79 Å². The number of hydrogen-bond acceptors (Lipinski definition) is 5. The summed E-state index contributed by atoms with van der Waals surface area (Å²) in [5.74, 6) is 1.03. The van der Waals surface area contributed by atoms with E-state index in [1.807, 2.05) is 65.9 Å². The first-order valence-electron chi connectivity index (χ1n) is 8.36. The number of nitrogens with one attached hydrogen (secondary N) is 1. The van der Waals surface area contributed by atoms with E-state index in [0.717, 1.165) is 27.9 Å². The lowest BCUT2D eigenvalue weighted by molar-refractivity contribution is -0.118. The molecule has 26 heavy (non-hydrogen) atoms. The molecule has 0 saturated carbocycles. The first kappa shape index (κ1) is 16.5. The molecule has 6 nitrogen and oxygen atoms in total. The molecule has 0 saturated heterocycles. The van der Waals surface area contributed by atoms with Crippen molar-refractivity contribution in [3.63, 3.8) is 0 Å². The van der Waals surface area contributed by atoms with Crippen molar-refractivity contribution in [2.45, 2.75) is 12.1 Å². The second-order valence-corrected chi connectivity index (χ2v) is 6.64. The molecule has 7 heteroatoms. The fourth-order valence-corrected chi connectivity index (χ4v) is 3.58. The van der Waals surface area contributed by atoms with Crippen molar-refractivity contribution in [3.8, 4) is 11.4 Å². The smallest absolute Gasteiger partial charge is 0.230 e. The van der Waals surface area contributed by atoms with Crippen molar-refractivity contribution < 1.29 is 4.79 Å². The first-order chi connectivity index (χ1) is 12.8. The molecule has 4 aromatic rings. The van der Waals surface area contributed by atoms with E-state index >= 15 is 0 Å². The molecule has 0 aliphatic rings. The third-order valence-electron chi connectivity index (χ3n) is 3.95. The summed E-state index contributed by atoms with van der Waals surface area (Å²) < 4.78 is 1.93. The Bertz CT molecular complexity index is 1080. The average molecular weight is 363 g/mol. The highest BCUT2D eigenvalue weighted by molar-refractivity contribution is 7.99. The van der Waals surface area contributed by atoms with Crippen LogP contribution in [-0.2, 0) is 4.79 Å². The number of para-hydroxylation sites is 1. The SMILES string of the molecule is CCNC(=O)CSc1nnc2c3ccccc3nc(-c3ccccc3)n12.